The topological polar surface area (TPSA) is 99.2 Å². The van der Waals surface area contributed by atoms with Gasteiger partial charge in [-0.25, -0.2) is 0 Å². The molecule has 25 heavy (non-hydrogen) atoms. The molecule has 2 rings (SSSR count). The van der Waals surface area contributed by atoms with E-state index in [4.69, 9.17) is 11.0 Å². The van der Waals surface area contributed by atoms with Crippen LogP contribution in [0.1, 0.15) is 36.8 Å². The number of rotatable bonds is 7. The summed E-state index contributed by atoms with van der Waals surface area (Å²) in [5.41, 5.74) is 8.40. The zero-order valence-electron chi connectivity index (χ0n) is 14.7. The van der Waals surface area contributed by atoms with Gasteiger partial charge in [-0.1, -0.05) is 24.3 Å². The minimum Gasteiger partial charge on any atom is -0.356 e. The fraction of sp³-hybridized carbons (Fsp3) is 0.526. The quantitative estimate of drug-likeness (QED) is 0.729. The molecule has 2 unspecified atom stereocenters. The molecule has 0 aliphatic carbocycles. The van der Waals surface area contributed by atoms with Gasteiger partial charge in [0.2, 0.25) is 11.8 Å². The lowest BCUT2D eigenvalue weighted by molar-refractivity contribution is -0.135. The van der Waals surface area contributed by atoms with Crippen molar-refractivity contribution in [2.45, 2.75) is 51.1 Å². The molecule has 1 aromatic carbocycles. The van der Waals surface area contributed by atoms with E-state index in [0.29, 0.717) is 19.5 Å². The minimum absolute atomic E-state index is 0.0438. The number of likely N-dealkylation sites (tertiary alicyclic amines) is 1. The number of carbonyl (C=O) groups is 2. The molecule has 0 saturated carbocycles. The molecule has 6 nitrogen and oxygen atoms in total. The van der Waals surface area contributed by atoms with Crippen LogP contribution in [-0.2, 0) is 16.0 Å². The van der Waals surface area contributed by atoms with Crippen LogP contribution >= 0.6 is 0 Å². The molecule has 2 atom stereocenters. The smallest absolute Gasteiger partial charge is 0.241 e. The lowest BCUT2D eigenvalue weighted by atomic mass is 10.0. The highest BCUT2D eigenvalue weighted by molar-refractivity contribution is 5.88. The van der Waals surface area contributed by atoms with Crippen molar-refractivity contribution in [2.75, 3.05) is 13.1 Å². The molecule has 0 aromatic heterocycles. The third-order valence-electron chi connectivity index (χ3n) is 4.61. The lowest BCUT2D eigenvalue weighted by Crippen LogP contribution is -2.47. The van der Waals surface area contributed by atoms with E-state index in [9.17, 15) is 9.59 Å². The first-order chi connectivity index (χ1) is 12.0. The van der Waals surface area contributed by atoms with Crippen molar-refractivity contribution in [2.24, 2.45) is 5.73 Å². The number of carbonyl (C=O) groups excluding carboxylic acids is 2. The number of nitrogens with two attached hydrogens (primary N) is 1. The average Bonchev–Trinajstić information content (AvgIpc) is 3.08. The largest absolute Gasteiger partial charge is 0.356 e. The Kier molecular flexibility index (Phi) is 6.96. The molecule has 0 radical (unpaired) electrons. The number of nitrogens with zero attached hydrogens (tertiary/aromatic N) is 2. The van der Waals surface area contributed by atoms with E-state index in [-0.39, 0.29) is 18.2 Å². The van der Waals surface area contributed by atoms with E-state index in [1.54, 1.807) is 0 Å². The number of hydrogen-bond donors (Lipinski definition) is 2. The van der Waals surface area contributed by atoms with Crippen molar-refractivity contribution in [3.63, 3.8) is 0 Å². The lowest BCUT2D eigenvalue weighted by Gasteiger charge is -2.23. The van der Waals surface area contributed by atoms with Crippen LogP contribution < -0.4 is 11.1 Å². The Hall–Kier alpha value is -2.39. The van der Waals surface area contributed by atoms with Gasteiger partial charge in [0.1, 0.15) is 6.04 Å². The summed E-state index contributed by atoms with van der Waals surface area (Å²) in [6.45, 7) is 3.17. The van der Waals surface area contributed by atoms with Gasteiger partial charge in [0, 0.05) is 13.1 Å². The highest BCUT2D eigenvalue weighted by Crippen LogP contribution is 2.17. The van der Waals surface area contributed by atoms with Crippen LogP contribution in [-0.4, -0.2) is 41.9 Å². The third kappa shape index (κ3) is 5.30. The van der Waals surface area contributed by atoms with E-state index in [1.807, 2.05) is 12.1 Å². The Morgan fingerprint density at radius 2 is 2.20 bits per heavy atom. The molecule has 1 saturated heterocycles. The summed E-state index contributed by atoms with van der Waals surface area (Å²) >= 11 is 0. The predicted molar refractivity (Wildman–Crippen MR) is 95.5 cm³/mol. The first-order valence-electron chi connectivity index (χ1n) is 8.80. The van der Waals surface area contributed by atoms with Crippen molar-refractivity contribution in [1.82, 2.24) is 10.2 Å². The Balaban J connectivity index is 1.70. The fourth-order valence-corrected chi connectivity index (χ4v) is 3.13. The van der Waals surface area contributed by atoms with Crippen molar-refractivity contribution >= 4 is 11.8 Å². The normalized spacial score (nSPS) is 17.8. The zero-order valence-corrected chi connectivity index (χ0v) is 14.7. The Bertz CT molecular complexity index is 653. The van der Waals surface area contributed by atoms with Crippen molar-refractivity contribution in [3.8, 4) is 6.07 Å². The highest BCUT2D eigenvalue weighted by atomic mass is 16.2. The number of nitriles is 1. The van der Waals surface area contributed by atoms with E-state index in [0.717, 1.165) is 19.3 Å². The summed E-state index contributed by atoms with van der Waals surface area (Å²) in [4.78, 5) is 25.7. The summed E-state index contributed by atoms with van der Waals surface area (Å²) < 4.78 is 0. The highest BCUT2D eigenvalue weighted by Gasteiger charge is 2.32. The maximum atomic E-state index is 12.3. The van der Waals surface area contributed by atoms with Gasteiger partial charge < -0.3 is 16.0 Å². The second kappa shape index (κ2) is 9.19. The number of nitrogens with one attached hydrogen (secondary N) is 1. The second-order valence-corrected chi connectivity index (χ2v) is 6.51. The molecule has 134 valence electrons. The van der Waals surface area contributed by atoms with Gasteiger partial charge in [0.25, 0.3) is 0 Å². The number of hydrogen-bond acceptors (Lipinski definition) is 4. The maximum absolute atomic E-state index is 12.3. The van der Waals surface area contributed by atoms with Crippen LogP contribution in [0.4, 0.5) is 0 Å². The average molecular weight is 342 g/mol. The Labute approximate surface area is 149 Å². The molecule has 2 amide bonds. The molecule has 1 heterocycles. The van der Waals surface area contributed by atoms with Crippen molar-refractivity contribution < 1.29 is 9.59 Å². The number of benzene rings is 1. The SMILES string of the molecule is Cc1ccccc1CCCNC(=O)CC(N)C(=O)N1CCCC1C#N. The van der Waals surface area contributed by atoms with Crippen molar-refractivity contribution in [1.29, 1.82) is 5.26 Å². The fourth-order valence-electron chi connectivity index (χ4n) is 3.13. The number of aryl methyl sites for hydroxylation is 2. The second-order valence-electron chi connectivity index (χ2n) is 6.51. The molecule has 1 aliphatic heterocycles. The Morgan fingerprint density at radius 3 is 2.92 bits per heavy atom. The molecule has 1 aliphatic rings. The molecule has 6 heteroatoms. The van der Waals surface area contributed by atoms with Gasteiger partial charge in [0.05, 0.1) is 18.5 Å². The summed E-state index contributed by atoms with van der Waals surface area (Å²) in [5, 5.41) is 11.9. The summed E-state index contributed by atoms with van der Waals surface area (Å²) in [6.07, 6.45) is 3.18. The van der Waals surface area contributed by atoms with E-state index in [2.05, 4.69) is 30.4 Å². The summed E-state index contributed by atoms with van der Waals surface area (Å²) in [6, 6.07) is 9.01. The van der Waals surface area contributed by atoms with Crippen LogP contribution in [0.25, 0.3) is 0 Å². The predicted octanol–water partition coefficient (Wildman–Crippen LogP) is 1.28. The number of amides is 2. The molecule has 3 N–H and O–H groups in total. The Morgan fingerprint density at radius 1 is 1.44 bits per heavy atom. The summed E-state index contributed by atoms with van der Waals surface area (Å²) in [7, 11) is 0. The standard InChI is InChI=1S/C19H26N4O2/c1-14-6-2-3-7-15(14)8-4-10-22-18(24)12-17(21)19(25)23-11-5-9-16(23)13-20/h2-3,6-7,16-17H,4-5,8-12,21H2,1H3,(H,22,24). The van der Waals surface area contributed by atoms with E-state index in [1.165, 1.54) is 16.0 Å². The first-order valence-corrected chi connectivity index (χ1v) is 8.80. The first kappa shape index (κ1) is 18.9. The van der Waals surface area contributed by atoms with Gasteiger partial charge in [0.15, 0.2) is 0 Å². The van der Waals surface area contributed by atoms with E-state index < -0.39 is 12.1 Å². The molecule has 0 spiro atoms. The van der Waals surface area contributed by atoms with Gasteiger partial charge >= 0.3 is 0 Å². The molecular formula is C19H26N4O2. The van der Waals surface area contributed by atoms with Crippen LogP contribution in [0, 0.1) is 18.3 Å². The van der Waals surface area contributed by atoms with Crippen molar-refractivity contribution in [3.05, 3.63) is 35.4 Å². The molecule has 1 aromatic rings. The molecule has 1 fully saturated rings. The summed E-state index contributed by atoms with van der Waals surface area (Å²) in [5.74, 6) is -0.530. The minimum atomic E-state index is -0.884. The van der Waals surface area contributed by atoms with Crippen LogP contribution in [0.2, 0.25) is 0 Å². The van der Waals surface area contributed by atoms with Crippen LogP contribution in [0.15, 0.2) is 24.3 Å². The molecule has 0 bridgehead atoms. The van der Waals surface area contributed by atoms with Gasteiger partial charge in [-0.05, 0) is 43.7 Å². The zero-order chi connectivity index (χ0) is 18.2. The van der Waals surface area contributed by atoms with Crippen LogP contribution in [0.3, 0.4) is 0 Å². The monoisotopic (exact) mass is 342 g/mol. The third-order valence-corrected chi connectivity index (χ3v) is 4.61. The van der Waals surface area contributed by atoms with Gasteiger partial charge in [-0.3, -0.25) is 9.59 Å². The van der Waals surface area contributed by atoms with Gasteiger partial charge in [-0.2, -0.15) is 5.26 Å². The van der Waals surface area contributed by atoms with Gasteiger partial charge in [-0.15, -0.1) is 0 Å². The molecular weight excluding hydrogens is 316 g/mol. The van der Waals surface area contributed by atoms with E-state index >= 15 is 0 Å². The van der Waals surface area contributed by atoms with Crippen LogP contribution in [0.5, 0.6) is 0 Å². The maximum Gasteiger partial charge on any atom is 0.241 e.